The summed E-state index contributed by atoms with van der Waals surface area (Å²) in [6, 6.07) is 56.4. The van der Waals surface area contributed by atoms with Crippen molar-refractivity contribution in [2.75, 3.05) is 4.90 Å². The van der Waals surface area contributed by atoms with Gasteiger partial charge in [-0.25, -0.2) is 15.0 Å². The average Bonchev–Trinajstić information content (AvgIpc) is 3.96. The zero-order chi connectivity index (χ0) is 43.7. The van der Waals surface area contributed by atoms with Gasteiger partial charge in [-0.1, -0.05) is 170 Å². The van der Waals surface area contributed by atoms with Gasteiger partial charge in [0.15, 0.2) is 17.5 Å². The van der Waals surface area contributed by atoms with Crippen molar-refractivity contribution in [1.29, 1.82) is 0 Å². The van der Waals surface area contributed by atoms with Crippen LogP contribution in [-0.4, -0.2) is 27.1 Å². The molecule has 0 N–H and O–H groups in total. The van der Waals surface area contributed by atoms with E-state index in [1.54, 1.807) is 11.3 Å². The first kappa shape index (κ1) is 38.5. The number of ether oxygens (including phenoxy) is 1. The second-order valence-corrected chi connectivity index (χ2v) is 18.4. The van der Waals surface area contributed by atoms with Gasteiger partial charge in [0.25, 0.3) is 0 Å². The van der Waals surface area contributed by atoms with Gasteiger partial charge in [0.2, 0.25) is 0 Å². The molecule has 0 fully saturated rings. The van der Waals surface area contributed by atoms with E-state index in [1.807, 2.05) is 0 Å². The molecule has 4 heterocycles. The van der Waals surface area contributed by atoms with Crippen LogP contribution in [0.15, 0.2) is 206 Å². The molecule has 2 aliphatic heterocycles. The summed E-state index contributed by atoms with van der Waals surface area (Å²) < 4.78 is 9.68. The number of rotatable bonds is 5. The molecule has 2 unspecified atom stereocenters. The van der Waals surface area contributed by atoms with Gasteiger partial charge >= 0.3 is 0 Å². The summed E-state index contributed by atoms with van der Waals surface area (Å²) in [7, 11) is 0. The second kappa shape index (κ2) is 15.7. The molecule has 5 nitrogen and oxygen atoms in total. The van der Waals surface area contributed by atoms with Crippen molar-refractivity contribution in [1.82, 2.24) is 15.0 Å². The van der Waals surface area contributed by atoms with Gasteiger partial charge < -0.3 is 9.64 Å². The maximum absolute atomic E-state index is 7.29. The fraction of sp³-hybridized carbons (Fsp3) is 0.0833. The Morgan fingerprint density at radius 3 is 2.14 bits per heavy atom. The van der Waals surface area contributed by atoms with E-state index in [1.165, 1.54) is 37.5 Å². The monoisotopic (exact) mass is 866 g/mol. The third-order valence-electron chi connectivity index (χ3n) is 13.4. The van der Waals surface area contributed by atoms with Gasteiger partial charge in [-0.15, -0.1) is 11.3 Å². The lowest BCUT2D eigenvalue weighted by atomic mass is 9.85. The number of nitrogens with zero attached hydrogens (tertiary/aromatic N) is 4. The number of fused-ring (bicyclic) bond motifs is 9. The molecule has 8 aromatic carbocycles. The minimum Gasteiger partial charge on any atom is -0.484 e. The van der Waals surface area contributed by atoms with Crippen LogP contribution in [0.1, 0.15) is 24.0 Å². The van der Waals surface area contributed by atoms with Gasteiger partial charge in [-0.05, 0) is 82.6 Å². The SMILES string of the molecule is CC1/C=C\C=C/Cc2cc3ccccc3cc2N1c1c2c(c(-c3nc(-c4cccc(-c5ccccc5)c4)nc(-c4cccc5c4sc4ccccc45)n3)c3ccccc13)O[C@@H]1C=CC=CC21. The predicted octanol–water partition coefficient (Wildman–Crippen LogP) is 15.4. The highest BCUT2D eigenvalue weighted by atomic mass is 32.1. The Hall–Kier alpha value is -7.93. The van der Waals surface area contributed by atoms with Crippen LogP contribution in [0.5, 0.6) is 5.75 Å². The van der Waals surface area contributed by atoms with Crippen LogP contribution in [0.3, 0.4) is 0 Å². The van der Waals surface area contributed by atoms with Crippen LogP contribution < -0.4 is 9.64 Å². The normalized spacial score (nSPS) is 18.4. The van der Waals surface area contributed by atoms with E-state index in [4.69, 9.17) is 19.7 Å². The van der Waals surface area contributed by atoms with Gasteiger partial charge in [-0.3, -0.25) is 0 Å². The highest BCUT2D eigenvalue weighted by Gasteiger charge is 2.41. The third kappa shape index (κ3) is 6.32. The van der Waals surface area contributed by atoms with Crippen molar-refractivity contribution >= 4 is 64.4 Å². The minimum atomic E-state index is -0.198. The molecule has 1 aliphatic carbocycles. The van der Waals surface area contributed by atoms with Crippen LogP contribution >= 0.6 is 11.3 Å². The molecular formula is C60H42N4OS. The number of anilines is 2. The quantitative estimate of drug-likeness (QED) is 0.172. The molecule has 6 heteroatoms. The lowest BCUT2D eigenvalue weighted by Gasteiger charge is -2.35. The smallest absolute Gasteiger partial charge is 0.168 e. The molecule has 0 amide bonds. The summed E-state index contributed by atoms with van der Waals surface area (Å²) in [5, 5.41) is 7.01. The Balaban J connectivity index is 1.11. The number of allylic oxidation sites excluding steroid dienone is 5. The zero-order valence-electron chi connectivity index (χ0n) is 36.2. The Bertz CT molecular complexity index is 3710. The number of aromatic nitrogens is 3. The van der Waals surface area contributed by atoms with Crippen molar-refractivity contribution in [3.8, 4) is 51.0 Å². The second-order valence-electron chi connectivity index (χ2n) is 17.4. The standard InChI is InChI=1S/C60H42N4OS/c1-37-18-4-2-7-23-42-34-40-21-8-9-22-41(40)36-50(42)64(37)55-46-28-11-10-27-45(46)54(56-53(55)48-29-12-14-32-51(48)65-56)60-62-58(43-25-16-24-39(35-43)38-19-5-3-6-20-38)61-59(63-60)49-31-17-30-47-44-26-13-15-33-52(44)66-57(47)49/h2-22,24-37,48,51H,23H2,1H3/b7-2-,18-4-/t37?,48?,51-/m1/s1. The van der Waals surface area contributed by atoms with E-state index in [0.29, 0.717) is 17.5 Å². The maximum Gasteiger partial charge on any atom is 0.168 e. The summed E-state index contributed by atoms with van der Waals surface area (Å²) in [4.78, 5) is 19.0. The van der Waals surface area contributed by atoms with Crippen LogP contribution in [-0.2, 0) is 6.42 Å². The molecule has 314 valence electrons. The van der Waals surface area contributed by atoms with E-state index in [9.17, 15) is 0 Å². The maximum atomic E-state index is 7.29. The highest BCUT2D eigenvalue weighted by molar-refractivity contribution is 7.26. The highest BCUT2D eigenvalue weighted by Crippen LogP contribution is 2.57. The minimum absolute atomic E-state index is 0.00208. The molecule has 2 aromatic heterocycles. The summed E-state index contributed by atoms with van der Waals surface area (Å²) in [5.41, 5.74) is 9.75. The van der Waals surface area contributed by atoms with E-state index >= 15 is 0 Å². The van der Waals surface area contributed by atoms with E-state index in [-0.39, 0.29) is 18.1 Å². The molecule has 3 atom stereocenters. The Morgan fingerprint density at radius 2 is 1.24 bits per heavy atom. The average molecular weight is 867 g/mol. The topological polar surface area (TPSA) is 51.1 Å². The molecule has 66 heavy (non-hydrogen) atoms. The fourth-order valence-corrected chi connectivity index (χ4v) is 11.6. The van der Waals surface area contributed by atoms with Crippen molar-refractivity contribution in [2.45, 2.75) is 31.4 Å². The summed E-state index contributed by atoms with van der Waals surface area (Å²) in [6.07, 6.45) is 18.3. The Kier molecular flexibility index (Phi) is 9.13. The number of benzene rings is 8. The molecule has 13 rings (SSSR count). The molecule has 0 bridgehead atoms. The van der Waals surface area contributed by atoms with E-state index < -0.39 is 0 Å². The fourth-order valence-electron chi connectivity index (χ4n) is 10.3. The lowest BCUT2D eigenvalue weighted by Crippen LogP contribution is -2.29. The number of hydrogen-bond donors (Lipinski definition) is 0. The van der Waals surface area contributed by atoms with Gasteiger partial charge in [0.1, 0.15) is 11.9 Å². The van der Waals surface area contributed by atoms with E-state index in [2.05, 4.69) is 218 Å². The van der Waals surface area contributed by atoms with Crippen LogP contribution in [0.2, 0.25) is 0 Å². The molecule has 0 saturated heterocycles. The molecule has 0 radical (unpaired) electrons. The molecule has 10 aromatic rings. The van der Waals surface area contributed by atoms with Gasteiger partial charge in [-0.2, -0.15) is 0 Å². The first-order chi connectivity index (χ1) is 32.6. The summed E-state index contributed by atoms with van der Waals surface area (Å²) in [5.74, 6) is 2.59. The Morgan fingerprint density at radius 1 is 0.561 bits per heavy atom. The first-order valence-electron chi connectivity index (χ1n) is 22.7. The van der Waals surface area contributed by atoms with Crippen molar-refractivity contribution in [3.05, 3.63) is 217 Å². The number of thiophene rings is 1. The third-order valence-corrected chi connectivity index (χ3v) is 14.6. The lowest BCUT2D eigenvalue weighted by molar-refractivity contribution is 0.270. The first-order valence-corrected chi connectivity index (χ1v) is 23.5. The number of hydrogen-bond acceptors (Lipinski definition) is 6. The Labute approximate surface area is 387 Å². The summed E-state index contributed by atoms with van der Waals surface area (Å²) >= 11 is 1.78. The van der Waals surface area contributed by atoms with Gasteiger partial charge in [0.05, 0.1) is 11.3 Å². The van der Waals surface area contributed by atoms with Crippen molar-refractivity contribution in [3.63, 3.8) is 0 Å². The molecule has 0 saturated carbocycles. The molecule has 0 spiro atoms. The zero-order valence-corrected chi connectivity index (χ0v) is 37.0. The largest absolute Gasteiger partial charge is 0.484 e. The van der Waals surface area contributed by atoms with Crippen molar-refractivity contribution in [2.24, 2.45) is 0 Å². The molecular weight excluding hydrogens is 825 g/mol. The van der Waals surface area contributed by atoms with Crippen molar-refractivity contribution < 1.29 is 4.74 Å². The van der Waals surface area contributed by atoms with Crippen LogP contribution in [0.4, 0.5) is 11.4 Å². The van der Waals surface area contributed by atoms with E-state index in [0.717, 1.165) is 66.7 Å². The van der Waals surface area contributed by atoms with Crippen LogP contribution in [0, 0.1) is 0 Å². The molecule has 3 aliphatic rings. The predicted molar refractivity (Wildman–Crippen MR) is 275 cm³/mol. The van der Waals surface area contributed by atoms with Crippen LogP contribution in [0.25, 0.3) is 87.0 Å². The van der Waals surface area contributed by atoms with Gasteiger partial charge in [0, 0.05) is 59.9 Å². The summed E-state index contributed by atoms with van der Waals surface area (Å²) in [6.45, 7) is 2.30.